The van der Waals surface area contributed by atoms with Gasteiger partial charge in [-0.3, -0.25) is 9.69 Å². The lowest BCUT2D eigenvalue weighted by Gasteiger charge is -2.42. The Bertz CT molecular complexity index is 307. The summed E-state index contributed by atoms with van der Waals surface area (Å²) in [5, 5.41) is 9.26. The van der Waals surface area contributed by atoms with Crippen molar-refractivity contribution < 1.29 is 9.90 Å². The van der Waals surface area contributed by atoms with E-state index in [4.69, 9.17) is 0 Å². The van der Waals surface area contributed by atoms with Crippen molar-refractivity contribution in [2.75, 3.05) is 13.1 Å². The minimum Gasteiger partial charge on any atom is -0.481 e. The molecule has 2 unspecified atom stereocenters. The van der Waals surface area contributed by atoms with E-state index in [1.807, 2.05) is 0 Å². The van der Waals surface area contributed by atoms with Crippen LogP contribution in [0.25, 0.3) is 0 Å². The summed E-state index contributed by atoms with van der Waals surface area (Å²) in [6.07, 6.45) is 4.96. The second kappa shape index (κ2) is 4.27. The molecule has 1 saturated heterocycles. The Hall–Kier alpha value is -0.570. The van der Waals surface area contributed by atoms with Crippen LogP contribution in [0.2, 0.25) is 0 Å². The number of hydrogen-bond acceptors (Lipinski definition) is 2. The van der Waals surface area contributed by atoms with Gasteiger partial charge in [0.2, 0.25) is 0 Å². The monoisotopic (exact) mass is 239 g/mol. The molecule has 3 heteroatoms. The third-order valence-electron chi connectivity index (χ3n) is 4.75. The molecule has 3 nitrogen and oxygen atoms in total. The first-order chi connectivity index (χ1) is 7.86. The molecular formula is C14H25NO2. The van der Waals surface area contributed by atoms with Crippen molar-refractivity contribution in [1.29, 1.82) is 0 Å². The Morgan fingerprint density at radius 2 is 1.94 bits per heavy atom. The minimum absolute atomic E-state index is 0.0775. The third-order valence-corrected chi connectivity index (χ3v) is 4.75. The number of carbonyl (C=O) groups is 1. The molecule has 1 saturated carbocycles. The summed E-state index contributed by atoms with van der Waals surface area (Å²) in [5.41, 5.74) is 0.212. The molecule has 0 bridgehead atoms. The van der Waals surface area contributed by atoms with Crippen molar-refractivity contribution in [3.8, 4) is 0 Å². The van der Waals surface area contributed by atoms with Gasteiger partial charge in [0.15, 0.2) is 0 Å². The van der Waals surface area contributed by atoms with Crippen molar-refractivity contribution in [3.63, 3.8) is 0 Å². The standard InChI is InChI=1S/C14H25NO2/c1-11-8-13(2,3)10-14(11,9-12(16)17)15-6-4-5-7-15/h11H,4-10H2,1-3H3,(H,16,17). The van der Waals surface area contributed by atoms with Gasteiger partial charge >= 0.3 is 5.97 Å². The van der Waals surface area contributed by atoms with E-state index in [0.717, 1.165) is 25.9 Å². The SMILES string of the molecule is CC1CC(C)(C)CC1(CC(=O)O)N1CCCC1. The number of carboxylic acid groups (broad SMARTS) is 1. The quantitative estimate of drug-likeness (QED) is 0.823. The van der Waals surface area contributed by atoms with E-state index >= 15 is 0 Å². The van der Waals surface area contributed by atoms with Crippen LogP contribution in [0.15, 0.2) is 0 Å². The lowest BCUT2D eigenvalue weighted by Crippen LogP contribution is -2.51. The highest BCUT2D eigenvalue weighted by molar-refractivity contribution is 5.68. The lowest BCUT2D eigenvalue weighted by molar-refractivity contribution is -0.141. The molecule has 0 spiro atoms. The zero-order valence-corrected chi connectivity index (χ0v) is 11.3. The highest BCUT2D eigenvalue weighted by Crippen LogP contribution is 2.52. The van der Waals surface area contributed by atoms with Gasteiger partial charge in [0.1, 0.15) is 0 Å². The Kier molecular flexibility index (Phi) is 3.23. The summed E-state index contributed by atoms with van der Waals surface area (Å²) in [4.78, 5) is 13.7. The molecule has 2 rings (SSSR count). The van der Waals surface area contributed by atoms with Crippen molar-refractivity contribution >= 4 is 5.97 Å². The molecule has 2 atom stereocenters. The van der Waals surface area contributed by atoms with Crippen LogP contribution in [-0.2, 0) is 4.79 Å². The second-order valence-corrected chi connectivity index (χ2v) is 6.81. The second-order valence-electron chi connectivity index (χ2n) is 6.81. The molecule has 2 fully saturated rings. The summed E-state index contributed by atoms with van der Waals surface area (Å²) in [7, 11) is 0. The van der Waals surface area contributed by atoms with Gasteiger partial charge in [-0.05, 0) is 50.1 Å². The number of nitrogens with zero attached hydrogens (tertiary/aromatic N) is 1. The van der Waals surface area contributed by atoms with Crippen LogP contribution in [0, 0.1) is 11.3 Å². The van der Waals surface area contributed by atoms with Gasteiger partial charge in [0, 0.05) is 5.54 Å². The molecule has 98 valence electrons. The number of aliphatic carboxylic acids is 1. The number of hydrogen-bond donors (Lipinski definition) is 1. The largest absolute Gasteiger partial charge is 0.481 e. The minimum atomic E-state index is -0.638. The number of carboxylic acids is 1. The summed E-state index contributed by atoms with van der Waals surface area (Å²) in [5.74, 6) is -0.145. The molecule has 0 aromatic rings. The smallest absolute Gasteiger partial charge is 0.305 e. The van der Waals surface area contributed by atoms with E-state index in [1.165, 1.54) is 12.8 Å². The number of rotatable bonds is 3. The molecule has 0 amide bonds. The fourth-order valence-electron chi connectivity index (χ4n) is 4.29. The highest BCUT2D eigenvalue weighted by atomic mass is 16.4. The average molecular weight is 239 g/mol. The van der Waals surface area contributed by atoms with Crippen LogP contribution in [0.5, 0.6) is 0 Å². The fourth-order valence-corrected chi connectivity index (χ4v) is 4.29. The maximum absolute atomic E-state index is 11.2. The van der Waals surface area contributed by atoms with Crippen LogP contribution in [0.4, 0.5) is 0 Å². The molecule has 0 aromatic carbocycles. The summed E-state index contributed by atoms with van der Waals surface area (Å²) in [6, 6.07) is 0. The fraction of sp³-hybridized carbons (Fsp3) is 0.929. The average Bonchev–Trinajstić information content (AvgIpc) is 2.72. The molecule has 2 aliphatic rings. The highest BCUT2D eigenvalue weighted by Gasteiger charge is 2.53. The predicted octanol–water partition coefficient (Wildman–Crippen LogP) is 2.75. The Morgan fingerprint density at radius 1 is 1.35 bits per heavy atom. The first-order valence-electron chi connectivity index (χ1n) is 6.83. The van der Waals surface area contributed by atoms with E-state index in [9.17, 15) is 9.90 Å². The first kappa shape index (κ1) is 12.9. The molecule has 0 radical (unpaired) electrons. The van der Waals surface area contributed by atoms with Crippen LogP contribution in [0.3, 0.4) is 0 Å². The van der Waals surface area contributed by atoms with Gasteiger partial charge in [-0.1, -0.05) is 20.8 Å². The maximum atomic E-state index is 11.2. The predicted molar refractivity (Wildman–Crippen MR) is 68.0 cm³/mol. The first-order valence-corrected chi connectivity index (χ1v) is 6.83. The Labute approximate surface area is 104 Å². The van der Waals surface area contributed by atoms with E-state index in [1.54, 1.807) is 0 Å². The molecule has 1 aliphatic carbocycles. The Balaban J connectivity index is 2.26. The zero-order chi connectivity index (χ0) is 12.7. The zero-order valence-electron chi connectivity index (χ0n) is 11.3. The van der Waals surface area contributed by atoms with E-state index in [2.05, 4.69) is 25.7 Å². The van der Waals surface area contributed by atoms with E-state index in [0.29, 0.717) is 12.3 Å². The molecule has 1 aliphatic heterocycles. The molecular weight excluding hydrogens is 214 g/mol. The lowest BCUT2D eigenvalue weighted by atomic mass is 9.82. The van der Waals surface area contributed by atoms with Gasteiger partial charge in [0.25, 0.3) is 0 Å². The summed E-state index contributed by atoms with van der Waals surface area (Å²) in [6.45, 7) is 8.99. The van der Waals surface area contributed by atoms with Crippen molar-refractivity contribution in [2.45, 2.75) is 58.4 Å². The molecule has 0 aromatic heterocycles. The van der Waals surface area contributed by atoms with Crippen LogP contribution < -0.4 is 0 Å². The summed E-state index contributed by atoms with van der Waals surface area (Å²) >= 11 is 0. The van der Waals surface area contributed by atoms with Crippen LogP contribution >= 0.6 is 0 Å². The van der Waals surface area contributed by atoms with Crippen molar-refractivity contribution in [3.05, 3.63) is 0 Å². The molecule has 1 N–H and O–H groups in total. The van der Waals surface area contributed by atoms with Crippen LogP contribution in [0.1, 0.15) is 52.9 Å². The van der Waals surface area contributed by atoms with Crippen molar-refractivity contribution in [1.82, 2.24) is 4.90 Å². The van der Waals surface area contributed by atoms with E-state index in [-0.39, 0.29) is 11.0 Å². The van der Waals surface area contributed by atoms with Crippen molar-refractivity contribution in [2.24, 2.45) is 11.3 Å². The van der Waals surface area contributed by atoms with Gasteiger partial charge in [0.05, 0.1) is 6.42 Å². The van der Waals surface area contributed by atoms with Crippen LogP contribution in [-0.4, -0.2) is 34.6 Å². The number of likely N-dealkylation sites (tertiary alicyclic amines) is 1. The van der Waals surface area contributed by atoms with E-state index < -0.39 is 5.97 Å². The molecule has 1 heterocycles. The molecule has 17 heavy (non-hydrogen) atoms. The maximum Gasteiger partial charge on any atom is 0.305 e. The van der Waals surface area contributed by atoms with Gasteiger partial charge in [-0.2, -0.15) is 0 Å². The van der Waals surface area contributed by atoms with Gasteiger partial charge < -0.3 is 5.11 Å². The Morgan fingerprint density at radius 3 is 2.35 bits per heavy atom. The van der Waals surface area contributed by atoms with Gasteiger partial charge in [-0.15, -0.1) is 0 Å². The van der Waals surface area contributed by atoms with Gasteiger partial charge in [-0.25, -0.2) is 0 Å². The summed E-state index contributed by atoms with van der Waals surface area (Å²) < 4.78 is 0. The third kappa shape index (κ3) is 2.35. The normalized spacial score (nSPS) is 37.5. The topological polar surface area (TPSA) is 40.5 Å².